The zero-order chi connectivity index (χ0) is 16.8. The molecule has 2 aromatic rings. The molecule has 1 aliphatic rings. The van der Waals surface area contributed by atoms with Crippen LogP contribution in [0.3, 0.4) is 0 Å². The lowest BCUT2D eigenvalue weighted by molar-refractivity contribution is -0.147. The van der Waals surface area contributed by atoms with Crippen molar-refractivity contribution in [1.82, 2.24) is 0 Å². The smallest absolute Gasteiger partial charge is 0.184 e. The third-order valence-electron chi connectivity index (χ3n) is 4.01. The molecule has 1 saturated heterocycles. The highest BCUT2D eigenvalue weighted by atomic mass is 127. The minimum Gasteiger partial charge on any atom is -0.368 e. The van der Waals surface area contributed by atoms with Gasteiger partial charge in [-0.1, -0.05) is 83.3 Å². The van der Waals surface area contributed by atoms with Crippen LogP contribution in [-0.4, -0.2) is 34.1 Å². The van der Waals surface area contributed by atoms with Gasteiger partial charge in [-0.15, -0.1) is 0 Å². The Balaban J connectivity index is 1.63. The maximum Gasteiger partial charge on any atom is 0.184 e. The van der Waals surface area contributed by atoms with Gasteiger partial charge in [0.15, 0.2) is 6.29 Å². The molecular weight excluding hydrogens is 419 g/mol. The average molecular weight is 440 g/mol. The molecule has 1 N–H and O–H groups in total. The molecule has 0 radical (unpaired) electrons. The Hall–Kier alpha value is -0.990. The van der Waals surface area contributed by atoms with Crippen LogP contribution in [0.4, 0.5) is 0 Å². The van der Waals surface area contributed by atoms with Gasteiger partial charge in [0.2, 0.25) is 0 Å². The van der Waals surface area contributed by atoms with Crippen molar-refractivity contribution in [2.24, 2.45) is 0 Å². The first-order valence-electron chi connectivity index (χ1n) is 7.98. The molecule has 24 heavy (non-hydrogen) atoms. The minimum atomic E-state index is -0.964. The van der Waals surface area contributed by atoms with E-state index < -0.39 is 12.4 Å². The van der Waals surface area contributed by atoms with Crippen molar-refractivity contribution in [2.45, 2.75) is 37.8 Å². The molecule has 0 amide bonds. The van der Waals surface area contributed by atoms with Crippen LogP contribution in [0.25, 0.3) is 0 Å². The molecular formula is C19H21IO4. The van der Waals surface area contributed by atoms with E-state index in [1.807, 2.05) is 60.7 Å². The fourth-order valence-electron chi connectivity index (χ4n) is 2.74. The van der Waals surface area contributed by atoms with Crippen LogP contribution in [-0.2, 0) is 27.4 Å². The third-order valence-corrected chi connectivity index (χ3v) is 4.88. The second-order valence-corrected chi connectivity index (χ2v) is 6.62. The second kappa shape index (κ2) is 8.92. The lowest BCUT2D eigenvalue weighted by Gasteiger charge is -2.23. The number of aliphatic hydroxyl groups excluding tert-OH is 1. The van der Waals surface area contributed by atoms with Crippen LogP contribution >= 0.6 is 22.6 Å². The summed E-state index contributed by atoms with van der Waals surface area (Å²) < 4.78 is 18.3. The summed E-state index contributed by atoms with van der Waals surface area (Å²) in [6, 6.07) is 19.9. The molecule has 1 heterocycles. The average Bonchev–Trinajstić information content (AvgIpc) is 2.94. The molecule has 128 valence electrons. The van der Waals surface area contributed by atoms with E-state index in [4.69, 9.17) is 14.2 Å². The van der Waals surface area contributed by atoms with Gasteiger partial charge in [0.25, 0.3) is 0 Å². The molecule has 4 nitrogen and oxygen atoms in total. The summed E-state index contributed by atoms with van der Waals surface area (Å²) >= 11 is 2.25. The van der Waals surface area contributed by atoms with Crippen LogP contribution in [0, 0.1) is 0 Å². The Morgan fingerprint density at radius 3 is 1.83 bits per heavy atom. The fourth-order valence-corrected chi connectivity index (χ4v) is 3.45. The first-order valence-corrected chi connectivity index (χ1v) is 9.51. The third kappa shape index (κ3) is 4.55. The molecule has 1 fully saturated rings. The Bertz CT molecular complexity index is 607. The molecule has 0 aliphatic carbocycles. The van der Waals surface area contributed by atoms with Gasteiger partial charge in [-0.05, 0) is 11.1 Å². The summed E-state index contributed by atoms with van der Waals surface area (Å²) in [4.78, 5) is 0. The van der Waals surface area contributed by atoms with E-state index in [1.54, 1.807) is 0 Å². The zero-order valence-electron chi connectivity index (χ0n) is 13.3. The van der Waals surface area contributed by atoms with Crippen molar-refractivity contribution in [2.75, 3.05) is 4.43 Å². The molecule has 0 aromatic heterocycles. The number of halogens is 1. The van der Waals surface area contributed by atoms with Crippen LogP contribution in [0.1, 0.15) is 11.1 Å². The number of aliphatic hydroxyl groups is 1. The van der Waals surface area contributed by atoms with E-state index in [0.717, 1.165) is 15.6 Å². The number of benzene rings is 2. The van der Waals surface area contributed by atoms with Crippen LogP contribution < -0.4 is 0 Å². The summed E-state index contributed by atoms with van der Waals surface area (Å²) in [5.74, 6) is 0. The number of hydrogen-bond acceptors (Lipinski definition) is 4. The summed E-state index contributed by atoms with van der Waals surface area (Å²) in [5.41, 5.74) is 2.15. The topological polar surface area (TPSA) is 47.9 Å². The highest BCUT2D eigenvalue weighted by molar-refractivity contribution is 14.1. The van der Waals surface area contributed by atoms with Gasteiger partial charge in [-0.2, -0.15) is 0 Å². The number of ether oxygens (including phenoxy) is 3. The molecule has 1 unspecified atom stereocenters. The lowest BCUT2D eigenvalue weighted by Crippen LogP contribution is -2.38. The van der Waals surface area contributed by atoms with Crippen molar-refractivity contribution >= 4 is 22.6 Å². The minimum absolute atomic E-state index is 0.176. The molecule has 0 saturated carbocycles. The van der Waals surface area contributed by atoms with Crippen LogP contribution in [0.15, 0.2) is 60.7 Å². The maximum absolute atomic E-state index is 10.2. The van der Waals surface area contributed by atoms with Gasteiger partial charge in [0, 0.05) is 4.43 Å². The van der Waals surface area contributed by atoms with E-state index in [1.165, 1.54) is 0 Å². The first-order chi connectivity index (χ1) is 11.8. The number of rotatable bonds is 7. The Morgan fingerprint density at radius 1 is 0.833 bits per heavy atom. The van der Waals surface area contributed by atoms with E-state index in [-0.39, 0.29) is 12.2 Å². The molecule has 3 rings (SSSR count). The Labute approximate surface area is 155 Å². The Kier molecular flexibility index (Phi) is 6.62. The molecule has 1 aliphatic heterocycles. The van der Waals surface area contributed by atoms with Gasteiger partial charge in [-0.25, -0.2) is 0 Å². The summed E-state index contributed by atoms with van der Waals surface area (Å²) in [7, 11) is 0. The second-order valence-electron chi connectivity index (χ2n) is 5.74. The van der Waals surface area contributed by atoms with Crippen LogP contribution in [0.5, 0.6) is 0 Å². The van der Waals surface area contributed by atoms with Gasteiger partial charge in [0.1, 0.15) is 12.2 Å². The van der Waals surface area contributed by atoms with Gasteiger partial charge in [0.05, 0.1) is 19.3 Å². The zero-order valence-corrected chi connectivity index (χ0v) is 15.4. The van der Waals surface area contributed by atoms with Crippen LogP contribution in [0.2, 0.25) is 0 Å². The molecule has 2 aromatic carbocycles. The predicted octanol–water partition coefficient (Wildman–Crippen LogP) is 3.31. The largest absolute Gasteiger partial charge is 0.368 e. The van der Waals surface area contributed by atoms with Crippen molar-refractivity contribution < 1.29 is 19.3 Å². The molecule has 5 heteroatoms. The normalized spacial score (nSPS) is 26.6. The Morgan fingerprint density at radius 2 is 1.33 bits per heavy atom. The molecule has 0 spiro atoms. The predicted molar refractivity (Wildman–Crippen MR) is 99.8 cm³/mol. The van der Waals surface area contributed by atoms with Crippen molar-refractivity contribution in [3.8, 4) is 0 Å². The fraction of sp³-hybridized carbons (Fsp3) is 0.368. The van der Waals surface area contributed by atoms with E-state index >= 15 is 0 Å². The molecule has 4 atom stereocenters. The SMILES string of the molecule is OC1O[C@@H](CI)[C@@H](OCc2ccccc2)[C@@H]1OCc1ccccc1. The van der Waals surface area contributed by atoms with Crippen molar-refractivity contribution in [3.05, 3.63) is 71.8 Å². The maximum atomic E-state index is 10.2. The van der Waals surface area contributed by atoms with Crippen molar-refractivity contribution in [1.29, 1.82) is 0 Å². The first kappa shape index (κ1) is 17.8. The summed E-state index contributed by atoms with van der Waals surface area (Å²) in [6.45, 7) is 0.894. The molecule has 0 bridgehead atoms. The highest BCUT2D eigenvalue weighted by Gasteiger charge is 2.45. The van der Waals surface area contributed by atoms with Crippen molar-refractivity contribution in [3.63, 3.8) is 0 Å². The van der Waals surface area contributed by atoms with E-state index in [0.29, 0.717) is 13.2 Å². The summed E-state index contributed by atoms with van der Waals surface area (Å²) in [5, 5.41) is 10.2. The lowest BCUT2D eigenvalue weighted by atomic mass is 10.1. The number of alkyl halides is 1. The van der Waals surface area contributed by atoms with E-state index in [2.05, 4.69) is 22.6 Å². The van der Waals surface area contributed by atoms with Gasteiger partial charge >= 0.3 is 0 Å². The highest BCUT2D eigenvalue weighted by Crippen LogP contribution is 2.28. The van der Waals surface area contributed by atoms with Gasteiger partial charge < -0.3 is 19.3 Å². The summed E-state index contributed by atoms with van der Waals surface area (Å²) in [6.07, 6.45) is -1.92. The monoisotopic (exact) mass is 440 g/mol. The quantitative estimate of drug-likeness (QED) is 0.531. The standard InChI is InChI=1S/C19H21IO4/c20-11-16-17(22-12-14-7-3-1-4-8-14)18(19(21)24-16)23-13-15-9-5-2-6-10-15/h1-10,16-19,21H,11-13H2/t16-,17+,18-,19?/m0/s1. The van der Waals surface area contributed by atoms with Gasteiger partial charge in [-0.3, -0.25) is 0 Å². The van der Waals surface area contributed by atoms with E-state index in [9.17, 15) is 5.11 Å². The number of hydrogen-bond donors (Lipinski definition) is 1.